The normalized spacial score (nSPS) is 10.6. The Kier molecular flexibility index (Phi) is 2.87. The van der Waals surface area contributed by atoms with Crippen molar-refractivity contribution in [3.63, 3.8) is 0 Å². The minimum Gasteiger partial charge on any atom is -0.382 e. The molecule has 4 nitrogen and oxygen atoms in total. The molecule has 0 saturated heterocycles. The van der Waals surface area contributed by atoms with Gasteiger partial charge >= 0.3 is 0 Å². The second-order valence-corrected chi connectivity index (χ2v) is 3.49. The lowest BCUT2D eigenvalue weighted by atomic mass is 10.2. The zero-order chi connectivity index (χ0) is 11.5. The lowest BCUT2D eigenvalue weighted by Crippen LogP contribution is -2.08. The van der Waals surface area contributed by atoms with Gasteiger partial charge in [0.15, 0.2) is 0 Å². The van der Waals surface area contributed by atoms with Crippen LogP contribution in [-0.2, 0) is 6.42 Å². The highest BCUT2D eigenvalue weighted by molar-refractivity contribution is 5.39. The van der Waals surface area contributed by atoms with Crippen LogP contribution in [0, 0.1) is 5.82 Å². The number of benzene rings is 1. The predicted molar refractivity (Wildman–Crippen MR) is 60.7 cm³/mol. The quantitative estimate of drug-likeness (QED) is 0.813. The molecule has 0 aliphatic rings. The van der Waals surface area contributed by atoms with E-state index >= 15 is 0 Å². The number of rotatable bonds is 3. The Morgan fingerprint density at radius 1 is 1.31 bits per heavy atom. The molecule has 0 fully saturated rings. The second-order valence-electron chi connectivity index (χ2n) is 3.49. The van der Waals surface area contributed by atoms with E-state index in [2.05, 4.69) is 5.10 Å². The van der Waals surface area contributed by atoms with Crippen molar-refractivity contribution in [3.8, 4) is 5.69 Å². The summed E-state index contributed by atoms with van der Waals surface area (Å²) in [4.78, 5) is 0. The van der Waals surface area contributed by atoms with E-state index in [-0.39, 0.29) is 5.82 Å². The van der Waals surface area contributed by atoms with Crippen LogP contribution in [0.4, 0.5) is 10.2 Å². The van der Waals surface area contributed by atoms with Crippen molar-refractivity contribution in [3.05, 3.63) is 41.8 Å². The fourth-order valence-corrected chi connectivity index (χ4v) is 1.60. The molecule has 1 heterocycles. The number of hydrogen-bond donors (Lipinski definition) is 2. The molecule has 84 valence electrons. The molecule has 2 rings (SSSR count). The molecular weight excluding hydrogens is 207 g/mol. The van der Waals surface area contributed by atoms with Crippen molar-refractivity contribution >= 4 is 5.82 Å². The van der Waals surface area contributed by atoms with Crippen LogP contribution in [0.5, 0.6) is 0 Å². The summed E-state index contributed by atoms with van der Waals surface area (Å²) >= 11 is 0. The molecule has 0 aliphatic heterocycles. The van der Waals surface area contributed by atoms with Crippen LogP contribution in [0.2, 0.25) is 0 Å². The molecule has 5 heteroatoms. The maximum absolute atomic E-state index is 13.1. The van der Waals surface area contributed by atoms with Crippen LogP contribution < -0.4 is 11.5 Å². The van der Waals surface area contributed by atoms with Gasteiger partial charge in [-0.1, -0.05) is 6.07 Å². The number of halogens is 1. The smallest absolute Gasteiger partial charge is 0.146 e. The van der Waals surface area contributed by atoms with E-state index in [4.69, 9.17) is 11.5 Å². The Balaban J connectivity index is 2.46. The molecule has 0 saturated carbocycles. The Bertz CT molecular complexity index is 492. The van der Waals surface area contributed by atoms with Gasteiger partial charge in [0, 0.05) is 18.2 Å². The summed E-state index contributed by atoms with van der Waals surface area (Å²) in [6.07, 6.45) is 0.653. The SMILES string of the molecule is NCCc1cc(N)nn1-c1cccc(F)c1. The van der Waals surface area contributed by atoms with E-state index < -0.39 is 0 Å². The number of nitrogen functional groups attached to an aromatic ring is 1. The molecule has 2 aromatic rings. The molecule has 0 atom stereocenters. The number of nitrogens with zero attached hydrogens (tertiary/aromatic N) is 2. The van der Waals surface area contributed by atoms with Crippen LogP contribution in [0.15, 0.2) is 30.3 Å². The fraction of sp³-hybridized carbons (Fsp3) is 0.182. The first-order valence-corrected chi connectivity index (χ1v) is 5.01. The average Bonchev–Trinajstić information content (AvgIpc) is 2.60. The van der Waals surface area contributed by atoms with Crippen LogP contribution in [0.1, 0.15) is 5.69 Å². The summed E-state index contributed by atoms with van der Waals surface area (Å²) in [5, 5.41) is 4.11. The van der Waals surface area contributed by atoms with Gasteiger partial charge in [0.1, 0.15) is 11.6 Å². The Hall–Kier alpha value is -1.88. The van der Waals surface area contributed by atoms with E-state index in [9.17, 15) is 4.39 Å². The highest BCUT2D eigenvalue weighted by atomic mass is 19.1. The lowest BCUT2D eigenvalue weighted by Gasteiger charge is -2.06. The van der Waals surface area contributed by atoms with Crippen molar-refractivity contribution in [1.29, 1.82) is 0 Å². The van der Waals surface area contributed by atoms with Gasteiger partial charge in [-0.05, 0) is 24.7 Å². The first kappa shape index (κ1) is 10.6. The van der Waals surface area contributed by atoms with Crippen molar-refractivity contribution in [2.75, 3.05) is 12.3 Å². The summed E-state index contributed by atoms with van der Waals surface area (Å²) in [5.41, 5.74) is 12.6. The van der Waals surface area contributed by atoms with Crippen molar-refractivity contribution in [2.24, 2.45) is 5.73 Å². The predicted octanol–water partition coefficient (Wildman–Crippen LogP) is 1.09. The zero-order valence-corrected chi connectivity index (χ0v) is 8.73. The van der Waals surface area contributed by atoms with Crippen molar-refractivity contribution < 1.29 is 4.39 Å². The highest BCUT2D eigenvalue weighted by Gasteiger charge is 2.07. The maximum atomic E-state index is 13.1. The van der Waals surface area contributed by atoms with Gasteiger partial charge in [0.2, 0.25) is 0 Å². The standard InChI is InChI=1S/C11H13FN4/c12-8-2-1-3-9(6-8)16-10(4-5-13)7-11(14)15-16/h1-3,6-7H,4-5,13H2,(H2,14,15). The van der Waals surface area contributed by atoms with Crippen molar-refractivity contribution in [1.82, 2.24) is 9.78 Å². The largest absolute Gasteiger partial charge is 0.382 e. The minimum atomic E-state index is -0.301. The van der Waals surface area contributed by atoms with Gasteiger partial charge in [-0.2, -0.15) is 5.10 Å². The monoisotopic (exact) mass is 220 g/mol. The molecule has 0 radical (unpaired) electrons. The van der Waals surface area contributed by atoms with E-state index in [0.717, 1.165) is 5.69 Å². The van der Waals surface area contributed by atoms with Crippen LogP contribution >= 0.6 is 0 Å². The average molecular weight is 220 g/mol. The summed E-state index contributed by atoms with van der Waals surface area (Å²) < 4.78 is 14.7. The van der Waals surface area contributed by atoms with Gasteiger partial charge in [-0.15, -0.1) is 0 Å². The topological polar surface area (TPSA) is 69.9 Å². The van der Waals surface area contributed by atoms with Gasteiger partial charge in [0.25, 0.3) is 0 Å². The first-order valence-electron chi connectivity index (χ1n) is 5.01. The van der Waals surface area contributed by atoms with E-state index in [1.54, 1.807) is 22.9 Å². The number of aromatic nitrogens is 2. The molecule has 0 bridgehead atoms. The number of hydrogen-bond acceptors (Lipinski definition) is 3. The molecule has 0 spiro atoms. The maximum Gasteiger partial charge on any atom is 0.146 e. The second kappa shape index (κ2) is 4.32. The lowest BCUT2D eigenvalue weighted by molar-refractivity contribution is 0.624. The fourth-order valence-electron chi connectivity index (χ4n) is 1.60. The number of nitrogens with two attached hydrogens (primary N) is 2. The first-order chi connectivity index (χ1) is 7.70. The number of anilines is 1. The summed E-state index contributed by atoms with van der Waals surface area (Å²) in [6, 6.07) is 7.95. The van der Waals surface area contributed by atoms with Crippen molar-refractivity contribution in [2.45, 2.75) is 6.42 Å². The molecule has 0 amide bonds. The summed E-state index contributed by atoms with van der Waals surface area (Å²) in [6.45, 7) is 0.500. The molecule has 16 heavy (non-hydrogen) atoms. The van der Waals surface area contributed by atoms with Gasteiger partial charge in [0.05, 0.1) is 5.69 Å². The summed E-state index contributed by atoms with van der Waals surface area (Å²) in [5.74, 6) is 0.109. The molecular formula is C11H13FN4. The van der Waals surface area contributed by atoms with E-state index in [1.807, 2.05) is 0 Å². The van der Waals surface area contributed by atoms with Gasteiger partial charge < -0.3 is 11.5 Å². The van der Waals surface area contributed by atoms with E-state index in [1.165, 1.54) is 12.1 Å². The molecule has 4 N–H and O–H groups in total. The van der Waals surface area contributed by atoms with Crippen LogP contribution in [0.25, 0.3) is 5.69 Å². The Labute approximate surface area is 92.7 Å². The van der Waals surface area contributed by atoms with Gasteiger partial charge in [-0.25, -0.2) is 9.07 Å². The van der Waals surface area contributed by atoms with Gasteiger partial charge in [-0.3, -0.25) is 0 Å². The Morgan fingerprint density at radius 3 is 2.81 bits per heavy atom. The third kappa shape index (κ3) is 2.04. The van der Waals surface area contributed by atoms with Crippen LogP contribution in [-0.4, -0.2) is 16.3 Å². The highest BCUT2D eigenvalue weighted by Crippen LogP contribution is 2.15. The zero-order valence-electron chi connectivity index (χ0n) is 8.73. The summed E-state index contributed by atoms with van der Waals surface area (Å²) in [7, 11) is 0. The third-order valence-corrected chi connectivity index (χ3v) is 2.26. The van der Waals surface area contributed by atoms with Crippen LogP contribution in [0.3, 0.4) is 0 Å². The molecule has 1 aromatic heterocycles. The molecule has 0 aliphatic carbocycles. The molecule has 1 aromatic carbocycles. The minimum absolute atomic E-state index is 0.301. The van der Waals surface area contributed by atoms with E-state index in [0.29, 0.717) is 24.5 Å². The molecule has 0 unspecified atom stereocenters. The Morgan fingerprint density at radius 2 is 2.12 bits per heavy atom. The third-order valence-electron chi connectivity index (χ3n) is 2.26.